The minimum absolute atomic E-state index is 0.0243. The fourth-order valence-corrected chi connectivity index (χ4v) is 6.77. The third kappa shape index (κ3) is 6.69. The van der Waals surface area contributed by atoms with E-state index in [0.717, 1.165) is 16.7 Å². The molecule has 4 aromatic rings. The van der Waals surface area contributed by atoms with Gasteiger partial charge in [0.15, 0.2) is 11.5 Å². The Morgan fingerprint density at radius 1 is 0.729 bits per heavy atom. The Kier molecular flexibility index (Phi) is 11.2. The predicted octanol–water partition coefficient (Wildman–Crippen LogP) is 6.31. The number of nitrogens with zero attached hydrogens (tertiary/aromatic N) is 3. The van der Waals surface area contributed by atoms with Crippen LogP contribution in [-0.4, -0.2) is 93.4 Å². The summed E-state index contributed by atoms with van der Waals surface area (Å²) in [6, 6.07) is 34.2. The summed E-state index contributed by atoms with van der Waals surface area (Å²) in [5.74, 6) is 0.964. The number of benzene rings is 4. The molecule has 4 aromatic carbocycles. The zero-order valence-electron chi connectivity index (χ0n) is 28.4. The molecule has 9 nitrogen and oxygen atoms in total. The second kappa shape index (κ2) is 15.7. The number of hydrogen-bond donors (Lipinski definition) is 0. The molecular weight excluding hydrogens is 606 g/mol. The van der Waals surface area contributed by atoms with Crippen molar-refractivity contribution in [3.63, 3.8) is 0 Å². The molecule has 9 heteroatoms. The van der Waals surface area contributed by atoms with Crippen LogP contribution in [0.15, 0.2) is 103 Å². The fraction of sp³-hybridized carbons (Fsp3) is 0.333. The molecule has 1 fully saturated rings. The average Bonchev–Trinajstić information content (AvgIpc) is 3.15. The van der Waals surface area contributed by atoms with Crippen molar-refractivity contribution in [3.05, 3.63) is 125 Å². The van der Waals surface area contributed by atoms with E-state index >= 15 is 0 Å². The summed E-state index contributed by atoms with van der Waals surface area (Å²) < 4.78 is 22.6. The highest BCUT2D eigenvalue weighted by atomic mass is 16.6. The molecule has 48 heavy (non-hydrogen) atoms. The number of hydrogen-bond acceptors (Lipinski definition) is 7. The van der Waals surface area contributed by atoms with E-state index < -0.39 is 17.7 Å². The molecule has 1 saturated heterocycles. The first-order chi connectivity index (χ1) is 23.4. The van der Waals surface area contributed by atoms with Gasteiger partial charge < -0.3 is 28.7 Å². The Bertz CT molecular complexity index is 1520. The fourth-order valence-electron chi connectivity index (χ4n) is 6.77. The third-order valence-corrected chi connectivity index (χ3v) is 9.13. The zero-order chi connectivity index (χ0) is 34.1. The lowest BCUT2D eigenvalue weighted by Crippen LogP contribution is -2.62. The highest BCUT2D eigenvalue weighted by Crippen LogP contribution is 2.44. The van der Waals surface area contributed by atoms with Crippen LogP contribution < -0.4 is 14.2 Å². The minimum atomic E-state index is -0.688. The van der Waals surface area contributed by atoms with E-state index in [4.69, 9.17) is 18.9 Å². The number of amides is 2. The maximum absolute atomic E-state index is 14.4. The van der Waals surface area contributed by atoms with Crippen molar-refractivity contribution in [2.45, 2.75) is 25.4 Å². The Hall–Kier alpha value is -5.02. The summed E-state index contributed by atoms with van der Waals surface area (Å²) in [5, 5.41) is 0. The molecule has 0 aromatic heterocycles. The SMILES string of the molecule is CCN(CC)C(=O)OCC1CN(C(c2ccccc2)(c2ccccc2)c2ccccc2)CCN1C(=O)c1cc(OC)c(OC)c(OC)c1. The number of methoxy groups -OCH3 is 3. The van der Waals surface area contributed by atoms with Gasteiger partial charge >= 0.3 is 6.09 Å². The van der Waals surface area contributed by atoms with Gasteiger partial charge in [-0.3, -0.25) is 9.69 Å². The van der Waals surface area contributed by atoms with Crippen LogP contribution in [0.3, 0.4) is 0 Å². The number of ether oxygens (including phenoxy) is 4. The van der Waals surface area contributed by atoms with E-state index in [0.29, 0.717) is 55.5 Å². The lowest BCUT2D eigenvalue weighted by Gasteiger charge is -2.51. The minimum Gasteiger partial charge on any atom is -0.493 e. The first-order valence-corrected chi connectivity index (χ1v) is 16.4. The molecule has 0 aliphatic carbocycles. The smallest absolute Gasteiger partial charge is 0.409 e. The summed E-state index contributed by atoms with van der Waals surface area (Å²) in [6.07, 6.45) is -0.405. The molecule has 0 spiro atoms. The van der Waals surface area contributed by atoms with Crippen molar-refractivity contribution >= 4 is 12.0 Å². The summed E-state index contributed by atoms with van der Waals surface area (Å²) in [6.45, 7) is 6.28. The van der Waals surface area contributed by atoms with Gasteiger partial charge in [0.05, 0.1) is 32.9 Å². The molecule has 1 aliphatic heterocycles. The highest BCUT2D eigenvalue weighted by Gasteiger charge is 2.46. The largest absolute Gasteiger partial charge is 0.493 e. The third-order valence-electron chi connectivity index (χ3n) is 9.13. The Balaban J connectivity index is 1.61. The topological polar surface area (TPSA) is 80.8 Å². The predicted molar refractivity (Wildman–Crippen MR) is 186 cm³/mol. The van der Waals surface area contributed by atoms with Gasteiger partial charge in [-0.2, -0.15) is 0 Å². The maximum atomic E-state index is 14.4. The van der Waals surface area contributed by atoms with Crippen molar-refractivity contribution in [1.29, 1.82) is 0 Å². The molecule has 1 unspecified atom stereocenters. The lowest BCUT2D eigenvalue weighted by atomic mass is 9.75. The van der Waals surface area contributed by atoms with Gasteiger partial charge in [-0.1, -0.05) is 91.0 Å². The highest BCUT2D eigenvalue weighted by molar-refractivity contribution is 5.96. The van der Waals surface area contributed by atoms with Crippen molar-refractivity contribution in [2.75, 3.05) is 60.7 Å². The summed E-state index contributed by atoms with van der Waals surface area (Å²) >= 11 is 0. The van der Waals surface area contributed by atoms with E-state index in [1.165, 1.54) is 21.3 Å². The normalized spacial score (nSPS) is 15.0. The monoisotopic (exact) mass is 651 g/mol. The average molecular weight is 652 g/mol. The summed E-state index contributed by atoms with van der Waals surface area (Å²) in [7, 11) is 4.58. The van der Waals surface area contributed by atoms with Crippen LogP contribution in [0.5, 0.6) is 17.2 Å². The van der Waals surface area contributed by atoms with Crippen LogP contribution >= 0.6 is 0 Å². The summed E-state index contributed by atoms with van der Waals surface area (Å²) in [5.41, 5.74) is 3.01. The van der Waals surface area contributed by atoms with E-state index in [1.807, 2.05) is 32.0 Å². The van der Waals surface area contributed by atoms with Crippen molar-refractivity contribution in [1.82, 2.24) is 14.7 Å². The second-order valence-electron chi connectivity index (χ2n) is 11.6. The standard InChI is InChI=1S/C39H45N3O6/c1-6-40(7-2)38(44)48-28-33-27-41(23-24-42(33)37(43)29-25-34(45-3)36(47-5)35(26-29)46-4)39(30-17-11-8-12-18-30,31-19-13-9-14-20-31)32-21-15-10-16-22-32/h8-22,25-26,33H,6-7,23-24,27-28H2,1-5H3. The van der Waals surface area contributed by atoms with Gasteiger partial charge in [0.2, 0.25) is 5.75 Å². The number of carbonyl (C=O) groups is 2. The van der Waals surface area contributed by atoms with E-state index in [-0.39, 0.29) is 12.5 Å². The van der Waals surface area contributed by atoms with Crippen LogP contribution in [0.4, 0.5) is 4.79 Å². The van der Waals surface area contributed by atoms with Crippen LogP contribution in [0.25, 0.3) is 0 Å². The molecule has 1 heterocycles. The number of piperazine rings is 1. The van der Waals surface area contributed by atoms with E-state index in [2.05, 4.69) is 77.7 Å². The van der Waals surface area contributed by atoms with Crippen molar-refractivity contribution in [2.24, 2.45) is 0 Å². The first-order valence-electron chi connectivity index (χ1n) is 16.4. The Morgan fingerprint density at radius 2 is 1.21 bits per heavy atom. The van der Waals surface area contributed by atoms with Crippen LogP contribution in [-0.2, 0) is 10.3 Å². The first kappa shape index (κ1) is 34.3. The van der Waals surface area contributed by atoms with Crippen LogP contribution in [0.1, 0.15) is 40.9 Å². The Morgan fingerprint density at radius 3 is 1.62 bits per heavy atom. The molecule has 2 amide bonds. The summed E-state index contributed by atoms with van der Waals surface area (Å²) in [4.78, 5) is 33.4. The van der Waals surface area contributed by atoms with E-state index in [9.17, 15) is 9.59 Å². The molecule has 0 radical (unpaired) electrons. The van der Waals surface area contributed by atoms with Gasteiger partial charge in [0.1, 0.15) is 6.61 Å². The molecule has 0 saturated carbocycles. The quantitative estimate of drug-likeness (QED) is 0.166. The molecular formula is C39H45N3O6. The van der Waals surface area contributed by atoms with E-state index in [1.54, 1.807) is 21.9 Å². The molecule has 1 aliphatic rings. The second-order valence-corrected chi connectivity index (χ2v) is 11.6. The van der Waals surface area contributed by atoms with Gasteiger partial charge in [0.25, 0.3) is 5.91 Å². The van der Waals surface area contributed by atoms with Crippen LogP contribution in [0, 0.1) is 0 Å². The molecule has 0 N–H and O–H groups in total. The number of carbonyl (C=O) groups excluding carboxylic acids is 2. The van der Waals surface area contributed by atoms with Gasteiger partial charge in [-0.25, -0.2) is 4.79 Å². The molecule has 252 valence electrons. The number of rotatable bonds is 12. The molecule has 1 atom stereocenters. The van der Waals surface area contributed by atoms with Gasteiger partial charge in [0, 0.05) is 38.3 Å². The van der Waals surface area contributed by atoms with Crippen LogP contribution in [0.2, 0.25) is 0 Å². The van der Waals surface area contributed by atoms with Crippen molar-refractivity contribution in [3.8, 4) is 17.2 Å². The van der Waals surface area contributed by atoms with Gasteiger partial charge in [-0.05, 0) is 42.7 Å². The lowest BCUT2D eigenvalue weighted by molar-refractivity contribution is 0.000420. The maximum Gasteiger partial charge on any atom is 0.409 e. The Labute approximate surface area is 283 Å². The van der Waals surface area contributed by atoms with Gasteiger partial charge in [-0.15, -0.1) is 0 Å². The van der Waals surface area contributed by atoms with Crippen molar-refractivity contribution < 1.29 is 28.5 Å². The molecule has 5 rings (SSSR count). The molecule has 0 bridgehead atoms. The zero-order valence-corrected chi connectivity index (χ0v) is 28.4.